The van der Waals surface area contributed by atoms with E-state index in [0.717, 1.165) is 64.7 Å². The minimum absolute atomic E-state index is 0.0791. The van der Waals surface area contributed by atoms with Crippen LogP contribution in [0.1, 0.15) is 24.8 Å². The maximum absolute atomic E-state index is 6.53. The summed E-state index contributed by atoms with van der Waals surface area (Å²) in [7, 11) is 0. The van der Waals surface area contributed by atoms with Gasteiger partial charge in [0, 0.05) is 44.6 Å². The molecule has 3 heterocycles. The number of hydrogen-bond donors (Lipinski definition) is 0. The number of ether oxygens (including phenoxy) is 3. The van der Waals surface area contributed by atoms with E-state index in [9.17, 15) is 0 Å². The van der Waals surface area contributed by atoms with Crippen molar-refractivity contribution in [3.05, 3.63) is 29.8 Å². The zero-order chi connectivity index (χ0) is 14.8. The highest BCUT2D eigenvalue weighted by Crippen LogP contribution is 2.35. The van der Waals surface area contributed by atoms with E-state index in [1.807, 2.05) is 0 Å². The molecule has 3 aliphatic rings. The second kappa shape index (κ2) is 6.19. The molecule has 0 radical (unpaired) electrons. The van der Waals surface area contributed by atoms with Gasteiger partial charge in [-0.25, -0.2) is 0 Å². The molecule has 0 amide bonds. The van der Waals surface area contributed by atoms with E-state index < -0.39 is 0 Å². The molecule has 1 aromatic carbocycles. The largest absolute Gasteiger partial charge is 0.485 e. The topological polar surface area (TPSA) is 30.9 Å². The average Bonchev–Trinajstić information content (AvgIpc) is 2.97. The first-order valence-corrected chi connectivity index (χ1v) is 8.48. The maximum atomic E-state index is 6.53. The van der Waals surface area contributed by atoms with Gasteiger partial charge in [0.2, 0.25) is 0 Å². The van der Waals surface area contributed by atoms with Gasteiger partial charge in [0.25, 0.3) is 0 Å². The highest BCUT2D eigenvalue weighted by Gasteiger charge is 2.39. The van der Waals surface area contributed by atoms with Crippen molar-refractivity contribution in [1.82, 2.24) is 4.90 Å². The predicted molar refractivity (Wildman–Crippen MR) is 84.1 cm³/mol. The first-order chi connectivity index (χ1) is 10.8. The Balaban J connectivity index is 1.58. The molecule has 1 atom stereocenters. The van der Waals surface area contributed by atoms with Crippen molar-refractivity contribution < 1.29 is 14.2 Å². The van der Waals surface area contributed by atoms with Gasteiger partial charge in [-0.15, -0.1) is 0 Å². The summed E-state index contributed by atoms with van der Waals surface area (Å²) < 4.78 is 17.7. The Morgan fingerprint density at radius 1 is 1.09 bits per heavy atom. The SMILES string of the molecule is c1ccc2c(c1)CN(C[C@H]1CCOC1)CC1(CCOCC1)O2. The van der Waals surface area contributed by atoms with Crippen LogP contribution in [0.25, 0.3) is 0 Å². The van der Waals surface area contributed by atoms with Gasteiger partial charge in [-0.3, -0.25) is 4.90 Å². The fraction of sp³-hybridized carbons (Fsp3) is 0.667. The number of rotatable bonds is 2. The zero-order valence-corrected chi connectivity index (χ0v) is 13.1. The molecule has 1 aromatic rings. The number of fused-ring (bicyclic) bond motifs is 1. The third-order valence-electron chi connectivity index (χ3n) is 5.15. The van der Waals surface area contributed by atoms with Crippen LogP contribution in [-0.4, -0.2) is 50.0 Å². The Bertz CT molecular complexity index is 507. The lowest BCUT2D eigenvalue weighted by Crippen LogP contribution is -2.50. The Morgan fingerprint density at radius 3 is 2.77 bits per heavy atom. The Labute approximate surface area is 132 Å². The van der Waals surface area contributed by atoms with E-state index in [1.54, 1.807) is 0 Å². The summed E-state index contributed by atoms with van der Waals surface area (Å²) in [5.41, 5.74) is 1.23. The summed E-state index contributed by atoms with van der Waals surface area (Å²) >= 11 is 0. The molecular formula is C18H25NO3. The fourth-order valence-corrected chi connectivity index (χ4v) is 3.93. The minimum Gasteiger partial charge on any atom is -0.485 e. The van der Waals surface area contributed by atoms with Crippen molar-refractivity contribution in [2.24, 2.45) is 5.92 Å². The third kappa shape index (κ3) is 3.00. The maximum Gasteiger partial charge on any atom is 0.126 e. The van der Waals surface area contributed by atoms with E-state index in [4.69, 9.17) is 14.2 Å². The van der Waals surface area contributed by atoms with Crippen LogP contribution < -0.4 is 4.74 Å². The first kappa shape index (κ1) is 14.5. The molecule has 0 bridgehead atoms. The lowest BCUT2D eigenvalue weighted by atomic mass is 9.93. The van der Waals surface area contributed by atoms with Gasteiger partial charge in [-0.05, 0) is 18.4 Å². The van der Waals surface area contributed by atoms with Crippen LogP contribution in [0.3, 0.4) is 0 Å². The lowest BCUT2D eigenvalue weighted by Gasteiger charge is -2.39. The van der Waals surface area contributed by atoms with Crippen molar-refractivity contribution in [2.75, 3.05) is 39.5 Å². The summed E-state index contributed by atoms with van der Waals surface area (Å²) in [6, 6.07) is 8.51. The molecule has 0 aliphatic carbocycles. The molecular weight excluding hydrogens is 278 g/mol. The fourth-order valence-electron chi connectivity index (χ4n) is 3.93. The van der Waals surface area contributed by atoms with Crippen LogP contribution in [0.4, 0.5) is 0 Å². The molecule has 4 nitrogen and oxygen atoms in total. The summed E-state index contributed by atoms with van der Waals surface area (Å²) in [5.74, 6) is 1.73. The van der Waals surface area contributed by atoms with Gasteiger partial charge in [0.05, 0.1) is 19.8 Å². The third-order valence-corrected chi connectivity index (χ3v) is 5.15. The number of nitrogens with zero attached hydrogens (tertiary/aromatic N) is 1. The Hall–Kier alpha value is -1.10. The molecule has 0 N–H and O–H groups in total. The monoisotopic (exact) mass is 303 g/mol. The Kier molecular flexibility index (Phi) is 4.07. The van der Waals surface area contributed by atoms with Gasteiger partial charge in [-0.2, -0.15) is 0 Å². The lowest BCUT2D eigenvalue weighted by molar-refractivity contribution is -0.0598. The van der Waals surface area contributed by atoms with Crippen LogP contribution in [0, 0.1) is 5.92 Å². The van der Waals surface area contributed by atoms with E-state index >= 15 is 0 Å². The quantitative estimate of drug-likeness (QED) is 0.840. The van der Waals surface area contributed by atoms with E-state index in [0.29, 0.717) is 5.92 Å². The molecule has 4 heteroatoms. The summed E-state index contributed by atoms with van der Waals surface area (Å²) in [5, 5.41) is 0. The van der Waals surface area contributed by atoms with Gasteiger partial charge in [0.15, 0.2) is 0 Å². The average molecular weight is 303 g/mol. The van der Waals surface area contributed by atoms with Crippen LogP contribution in [0.15, 0.2) is 24.3 Å². The second-order valence-electron chi connectivity index (χ2n) is 6.90. The molecule has 3 aliphatic heterocycles. The molecule has 2 fully saturated rings. The molecule has 120 valence electrons. The van der Waals surface area contributed by atoms with Gasteiger partial charge >= 0.3 is 0 Å². The normalized spacial score (nSPS) is 28.1. The van der Waals surface area contributed by atoms with Crippen molar-refractivity contribution >= 4 is 0 Å². The standard InChI is InChI=1S/C18H25NO3/c1-2-4-17-16(3-1)12-19(11-15-5-8-21-13-15)14-18(22-17)6-9-20-10-7-18/h1-4,15H,5-14H2/t15-/m1/s1. The zero-order valence-electron chi connectivity index (χ0n) is 13.1. The predicted octanol–water partition coefficient (Wildman–Crippen LogP) is 2.47. The molecule has 0 aromatic heterocycles. The number of benzene rings is 1. The minimum atomic E-state index is -0.0791. The highest BCUT2D eigenvalue weighted by atomic mass is 16.5. The molecule has 1 spiro atoms. The Morgan fingerprint density at radius 2 is 1.95 bits per heavy atom. The van der Waals surface area contributed by atoms with Crippen LogP contribution in [-0.2, 0) is 16.0 Å². The van der Waals surface area contributed by atoms with Crippen molar-refractivity contribution in [3.63, 3.8) is 0 Å². The second-order valence-corrected chi connectivity index (χ2v) is 6.90. The molecule has 4 rings (SSSR count). The number of para-hydroxylation sites is 1. The van der Waals surface area contributed by atoms with Gasteiger partial charge in [0.1, 0.15) is 11.4 Å². The van der Waals surface area contributed by atoms with E-state index in [-0.39, 0.29) is 5.60 Å². The molecule has 2 saturated heterocycles. The molecule has 0 unspecified atom stereocenters. The molecule has 0 saturated carbocycles. The van der Waals surface area contributed by atoms with Crippen molar-refractivity contribution in [3.8, 4) is 5.75 Å². The van der Waals surface area contributed by atoms with Crippen LogP contribution in [0.2, 0.25) is 0 Å². The van der Waals surface area contributed by atoms with Gasteiger partial charge < -0.3 is 14.2 Å². The van der Waals surface area contributed by atoms with E-state index in [2.05, 4.69) is 29.2 Å². The summed E-state index contributed by atoms with van der Waals surface area (Å²) in [4.78, 5) is 2.58. The van der Waals surface area contributed by atoms with Gasteiger partial charge in [-0.1, -0.05) is 18.2 Å². The summed E-state index contributed by atoms with van der Waals surface area (Å²) in [6.07, 6.45) is 3.16. The smallest absolute Gasteiger partial charge is 0.126 e. The first-order valence-electron chi connectivity index (χ1n) is 8.48. The number of hydrogen-bond acceptors (Lipinski definition) is 4. The van der Waals surface area contributed by atoms with Crippen molar-refractivity contribution in [2.45, 2.75) is 31.4 Å². The van der Waals surface area contributed by atoms with Crippen LogP contribution >= 0.6 is 0 Å². The van der Waals surface area contributed by atoms with Crippen LogP contribution in [0.5, 0.6) is 5.75 Å². The summed E-state index contributed by atoms with van der Waals surface area (Å²) in [6.45, 7) is 6.54. The van der Waals surface area contributed by atoms with Crippen molar-refractivity contribution in [1.29, 1.82) is 0 Å². The molecule has 22 heavy (non-hydrogen) atoms. The highest BCUT2D eigenvalue weighted by molar-refractivity contribution is 5.35. The van der Waals surface area contributed by atoms with E-state index in [1.165, 1.54) is 12.0 Å².